The van der Waals surface area contributed by atoms with Crippen LogP contribution in [0.2, 0.25) is 0 Å². The van der Waals surface area contributed by atoms with E-state index in [-0.39, 0.29) is 5.78 Å². The van der Waals surface area contributed by atoms with Crippen molar-refractivity contribution in [1.29, 1.82) is 0 Å². The van der Waals surface area contributed by atoms with Crippen molar-refractivity contribution in [3.63, 3.8) is 0 Å². The maximum atomic E-state index is 11.7. The minimum atomic E-state index is -0.720. The number of Topliss-reactive ketones (excluding diaryl/α,β-unsaturated/α-hetero) is 1. The van der Waals surface area contributed by atoms with Crippen LogP contribution >= 0.6 is 0 Å². The van der Waals surface area contributed by atoms with Crippen LogP contribution in [-0.4, -0.2) is 12.1 Å². The number of rotatable bonds is 8. The Hall–Kier alpha value is -0.660. The highest BCUT2D eigenvalue weighted by Gasteiger charge is 2.30. The van der Waals surface area contributed by atoms with Crippen LogP contribution < -0.4 is 0 Å². The zero-order chi connectivity index (χ0) is 11.0. The van der Waals surface area contributed by atoms with Gasteiger partial charge in [0.2, 0.25) is 0 Å². The molecule has 0 aromatic heterocycles. The summed E-state index contributed by atoms with van der Waals surface area (Å²) in [4.78, 5) is 22.6. The Morgan fingerprint density at radius 1 is 1.21 bits per heavy atom. The second kappa shape index (κ2) is 6.74. The van der Waals surface area contributed by atoms with E-state index >= 15 is 0 Å². The van der Waals surface area contributed by atoms with Gasteiger partial charge < -0.3 is 4.79 Å². The van der Waals surface area contributed by atoms with Gasteiger partial charge in [0.1, 0.15) is 12.1 Å². The lowest BCUT2D eigenvalue weighted by atomic mass is 9.81. The van der Waals surface area contributed by atoms with E-state index in [0.29, 0.717) is 12.8 Å². The molecule has 2 nitrogen and oxygen atoms in total. The average Bonchev–Trinajstić information content (AvgIpc) is 2.18. The Labute approximate surface area is 87.1 Å². The van der Waals surface area contributed by atoms with E-state index in [4.69, 9.17) is 0 Å². The SMILES string of the molecule is CCCCCC(=O)C(C)(C=O)CCC. The number of unbranched alkanes of at least 4 members (excludes halogenated alkanes) is 2. The van der Waals surface area contributed by atoms with E-state index in [1.54, 1.807) is 6.92 Å². The molecule has 0 aliphatic heterocycles. The first-order valence-electron chi connectivity index (χ1n) is 5.60. The molecule has 0 aromatic carbocycles. The van der Waals surface area contributed by atoms with Gasteiger partial charge in [0.25, 0.3) is 0 Å². The number of hydrogen-bond acceptors (Lipinski definition) is 2. The standard InChI is InChI=1S/C12H22O2/c1-4-6-7-8-11(14)12(3,10-13)9-5-2/h10H,4-9H2,1-3H3. The first kappa shape index (κ1) is 13.3. The van der Waals surface area contributed by atoms with Crippen LogP contribution in [0.3, 0.4) is 0 Å². The van der Waals surface area contributed by atoms with Gasteiger partial charge in [0.15, 0.2) is 0 Å². The Morgan fingerprint density at radius 3 is 2.29 bits per heavy atom. The van der Waals surface area contributed by atoms with Crippen LogP contribution in [0, 0.1) is 5.41 Å². The first-order chi connectivity index (χ1) is 6.60. The fourth-order valence-electron chi connectivity index (χ4n) is 1.60. The van der Waals surface area contributed by atoms with E-state index in [1.807, 2.05) is 6.92 Å². The normalized spacial score (nSPS) is 14.8. The van der Waals surface area contributed by atoms with Gasteiger partial charge in [0.05, 0.1) is 5.41 Å². The van der Waals surface area contributed by atoms with Crippen LogP contribution in [0.5, 0.6) is 0 Å². The monoisotopic (exact) mass is 198 g/mol. The summed E-state index contributed by atoms with van der Waals surface area (Å²) < 4.78 is 0. The zero-order valence-electron chi connectivity index (χ0n) is 9.64. The summed E-state index contributed by atoms with van der Waals surface area (Å²) in [5, 5.41) is 0. The highest BCUT2D eigenvalue weighted by atomic mass is 16.1. The van der Waals surface area contributed by atoms with E-state index in [0.717, 1.165) is 32.0 Å². The summed E-state index contributed by atoms with van der Waals surface area (Å²) in [6.45, 7) is 5.87. The molecule has 0 aromatic rings. The smallest absolute Gasteiger partial charge is 0.145 e. The quantitative estimate of drug-likeness (QED) is 0.341. The third-order valence-corrected chi connectivity index (χ3v) is 2.67. The molecule has 0 N–H and O–H groups in total. The fourth-order valence-corrected chi connectivity index (χ4v) is 1.60. The molecule has 0 aliphatic carbocycles. The number of ketones is 1. The van der Waals surface area contributed by atoms with Crippen molar-refractivity contribution in [3.05, 3.63) is 0 Å². The van der Waals surface area contributed by atoms with E-state index in [2.05, 4.69) is 6.92 Å². The second-order valence-electron chi connectivity index (χ2n) is 4.17. The van der Waals surface area contributed by atoms with Crippen LogP contribution in [-0.2, 0) is 9.59 Å². The molecule has 0 bridgehead atoms. The molecule has 1 atom stereocenters. The maximum Gasteiger partial charge on any atom is 0.145 e. The lowest BCUT2D eigenvalue weighted by molar-refractivity contribution is -0.134. The Kier molecular flexibility index (Phi) is 6.43. The molecule has 0 amide bonds. The highest BCUT2D eigenvalue weighted by molar-refractivity contribution is 5.97. The lowest BCUT2D eigenvalue weighted by Crippen LogP contribution is -2.29. The molecule has 2 heteroatoms. The molecular formula is C12H22O2. The molecular weight excluding hydrogens is 176 g/mol. The summed E-state index contributed by atoms with van der Waals surface area (Å²) in [5.74, 6) is 0.114. The van der Waals surface area contributed by atoms with Gasteiger partial charge in [-0.3, -0.25) is 4.79 Å². The predicted octanol–water partition coefficient (Wildman–Crippen LogP) is 3.14. The zero-order valence-corrected chi connectivity index (χ0v) is 9.64. The van der Waals surface area contributed by atoms with Gasteiger partial charge in [-0.1, -0.05) is 33.1 Å². The lowest BCUT2D eigenvalue weighted by Gasteiger charge is -2.20. The summed E-state index contributed by atoms with van der Waals surface area (Å²) in [5.41, 5.74) is -0.720. The Bertz CT molecular complexity index is 187. The van der Waals surface area contributed by atoms with E-state index < -0.39 is 5.41 Å². The van der Waals surface area contributed by atoms with Crippen molar-refractivity contribution >= 4 is 12.1 Å². The van der Waals surface area contributed by atoms with E-state index in [9.17, 15) is 9.59 Å². The van der Waals surface area contributed by atoms with Gasteiger partial charge in [-0.15, -0.1) is 0 Å². The maximum absolute atomic E-state index is 11.7. The second-order valence-corrected chi connectivity index (χ2v) is 4.17. The number of carbonyl (C=O) groups is 2. The summed E-state index contributed by atoms with van der Waals surface area (Å²) >= 11 is 0. The predicted molar refractivity (Wildman–Crippen MR) is 58.2 cm³/mol. The van der Waals surface area contributed by atoms with Gasteiger partial charge in [-0.05, 0) is 19.8 Å². The molecule has 1 unspecified atom stereocenters. The largest absolute Gasteiger partial charge is 0.302 e. The van der Waals surface area contributed by atoms with Crippen molar-refractivity contribution < 1.29 is 9.59 Å². The molecule has 0 saturated heterocycles. The van der Waals surface area contributed by atoms with Crippen molar-refractivity contribution in [1.82, 2.24) is 0 Å². The molecule has 0 fully saturated rings. The summed E-state index contributed by atoms with van der Waals surface area (Å²) in [6, 6.07) is 0. The minimum absolute atomic E-state index is 0.114. The molecule has 0 saturated carbocycles. The third-order valence-electron chi connectivity index (χ3n) is 2.67. The highest BCUT2D eigenvalue weighted by Crippen LogP contribution is 2.24. The molecule has 0 radical (unpaired) electrons. The van der Waals surface area contributed by atoms with Crippen molar-refractivity contribution in [2.45, 2.75) is 59.3 Å². The molecule has 0 heterocycles. The average molecular weight is 198 g/mol. The fraction of sp³-hybridized carbons (Fsp3) is 0.833. The van der Waals surface area contributed by atoms with Crippen LogP contribution in [0.4, 0.5) is 0 Å². The summed E-state index contributed by atoms with van der Waals surface area (Å²) in [6.07, 6.45) is 6.05. The molecule has 82 valence electrons. The Balaban J connectivity index is 4.09. The molecule has 0 aliphatic rings. The van der Waals surface area contributed by atoms with Gasteiger partial charge in [-0.25, -0.2) is 0 Å². The number of carbonyl (C=O) groups excluding carboxylic acids is 2. The van der Waals surface area contributed by atoms with Crippen molar-refractivity contribution in [2.75, 3.05) is 0 Å². The van der Waals surface area contributed by atoms with Crippen molar-refractivity contribution in [3.8, 4) is 0 Å². The van der Waals surface area contributed by atoms with Crippen molar-refractivity contribution in [2.24, 2.45) is 5.41 Å². The topological polar surface area (TPSA) is 34.1 Å². The van der Waals surface area contributed by atoms with Crippen LogP contribution in [0.15, 0.2) is 0 Å². The Morgan fingerprint density at radius 2 is 1.86 bits per heavy atom. The van der Waals surface area contributed by atoms with Gasteiger partial charge >= 0.3 is 0 Å². The minimum Gasteiger partial charge on any atom is -0.302 e. The van der Waals surface area contributed by atoms with Crippen LogP contribution in [0.25, 0.3) is 0 Å². The first-order valence-corrected chi connectivity index (χ1v) is 5.60. The van der Waals surface area contributed by atoms with Crippen LogP contribution in [0.1, 0.15) is 59.3 Å². The molecule has 0 rings (SSSR count). The van der Waals surface area contributed by atoms with E-state index in [1.165, 1.54) is 0 Å². The number of aldehydes is 1. The molecule has 0 spiro atoms. The molecule has 14 heavy (non-hydrogen) atoms. The van der Waals surface area contributed by atoms with Gasteiger partial charge in [0, 0.05) is 6.42 Å². The number of hydrogen-bond donors (Lipinski definition) is 0. The summed E-state index contributed by atoms with van der Waals surface area (Å²) in [7, 11) is 0. The van der Waals surface area contributed by atoms with Gasteiger partial charge in [-0.2, -0.15) is 0 Å². The third kappa shape index (κ3) is 4.03.